The Hall–Kier alpha value is -4.15. The average Bonchev–Trinajstić information content (AvgIpc) is 3.27. The predicted molar refractivity (Wildman–Crippen MR) is 94.3 cm³/mol. The molecule has 1 aromatic carbocycles. The van der Waals surface area contributed by atoms with Crippen LogP contribution in [0.1, 0.15) is 26.8 Å². The molecule has 3 rings (SSSR count). The minimum absolute atomic E-state index is 0.00163. The van der Waals surface area contributed by atoms with Crippen molar-refractivity contribution in [1.82, 2.24) is 9.78 Å². The summed E-state index contributed by atoms with van der Waals surface area (Å²) in [7, 11) is 1.44. The first-order chi connectivity index (χ1) is 13.3. The monoisotopic (exact) mass is 386 g/mol. The second kappa shape index (κ2) is 7.61. The van der Waals surface area contributed by atoms with Crippen molar-refractivity contribution in [3.63, 3.8) is 0 Å². The van der Waals surface area contributed by atoms with E-state index in [2.05, 4.69) is 10.4 Å². The van der Waals surface area contributed by atoms with Crippen LogP contribution in [0.4, 0.5) is 11.4 Å². The van der Waals surface area contributed by atoms with Gasteiger partial charge in [-0.1, -0.05) is 0 Å². The third kappa shape index (κ3) is 3.98. The van der Waals surface area contributed by atoms with Crippen LogP contribution in [0.15, 0.2) is 47.0 Å². The number of aromatic carboxylic acids is 1. The maximum atomic E-state index is 12.2. The third-order valence-corrected chi connectivity index (χ3v) is 3.70. The van der Waals surface area contributed by atoms with E-state index in [1.165, 1.54) is 49.6 Å². The molecular weight excluding hydrogens is 372 g/mol. The van der Waals surface area contributed by atoms with Crippen molar-refractivity contribution < 1.29 is 28.8 Å². The molecule has 0 aliphatic heterocycles. The summed E-state index contributed by atoms with van der Waals surface area (Å²) in [5.74, 6) is -1.17. The lowest BCUT2D eigenvalue weighted by Gasteiger charge is -2.04. The molecule has 2 N–H and O–H groups in total. The summed E-state index contributed by atoms with van der Waals surface area (Å²) in [4.78, 5) is 33.6. The molecule has 0 atom stereocenters. The lowest BCUT2D eigenvalue weighted by atomic mass is 10.3. The minimum atomic E-state index is -1.23. The molecule has 2 aromatic heterocycles. The number of nitrogens with zero attached hydrogens (tertiary/aromatic N) is 3. The number of aromatic nitrogens is 2. The topological polar surface area (TPSA) is 150 Å². The summed E-state index contributed by atoms with van der Waals surface area (Å²) in [6.07, 6.45) is 1.23. The highest BCUT2D eigenvalue weighted by Gasteiger charge is 2.20. The maximum absolute atomic E-state index is 12.2. The van der Waals surface area contributed by atoms with Gasteiger partial charge in [-0.25, -0.2) is 4.79 Å². The van der Waals surface area contributed by atoms with Crippen LogP contribution < -0.4 is 10.1 Å². The second-order valence-corrected chi connectivity index (χ2v) is 5.60. The number of carboxylic acid groups (broad SMARTS) is 1. The van der Waals surface area contributed by atoms with Crippen molar-refractivity contribution in [2.45, 2.75) is 6.61 Å². The molecule has 3 aromatic rings. The fourth-order valence-electron chi connectivity index (χ4n) is 2.36. The zero-order valence-electron chi connectivity index (χ0n) is 14.5. The zero-order valence-corrected chi connectivity index (χ0v) is 14.5. The van der Waals surface area contributed by atoms with Crippen LogP contribution >= 0.6 is 0 Å². The molecule has 0 aliphatic carbocycles. The largest absolute Gasteiger partial charge is 0.486 e. The number of aryl methyl sites for hydroxylation is 1. The Morgan fingerprint density at radius 2 is 2.00 bits per heavy atom. The lowest BCUT2D eigenvalue weighted by Crippen LogP contribution is -2.15. The molecule has 2 heterocycles. The number of nitro benzene ring substituents is 1. The molecule has 0 bridgehead atoms. The standard InChI is InChI=1S/C17H14N4O7/c1-20-15(17(23)24)13(8-18-20)19-16(22)14-7-6-12(28-14)9-27-11-4-2-10(3-5-11)21(25)26/h2-8H,9H2,1H3,(H,19,22)(H,23,24). The van der Waals surface area contributed by atoms with Crippen LogP contribution in [0, 0.1) is 10.1 Å². The van der Waals surface area contributed by atoms with Gasteiger partial charge < -0.3 is 19.6 Å². The highest BCUT2D eigenvalue weighted by Crippen LogP contribution is 2.20. The van der Waals surface area contributed by atoms with Gasteiger partial charge in [0.1, 0.15) is 18.1 Å². The molecule has 11 heteroatoms. The molecule has 0 aliphatic rings. The van der Waals surface area contributed by atoms with E-state index in [9.17, 15) is 19.7 Å². The number of carbonyl (C=O) groups is 2. The Morgan fingerprint density at radius 3 is 2.64 bits per heavy atom. The van der Waals surface area contributed by atoms with E-state index in [1.807, 2.05) is 0 Å². The number of benzene rings is 1. The number of furan rings is 1. The number of carboxylic acids is 1. The van der Waals surface area contributed by atoms with Crippen LogP contribution in [0.2, 0.25) is 0 Å². The van der Waals surface area contributed by atoms with Crippen molar-refractivity contribution in [3.8, 4) is 5.75 Å². The van der Waals surface area contributed by atoms with Gasteiger partial charge in [0, 0.05) is 19.2 Å². The number of rotatable bonds is 7. The normalized spacial score (nSPS) is 10.5. The van der Waals surface area contributed by atoms with Crippen molar-refractivity contribution in [1.29, 1.82) is 0 Å². The minimum Gasteiger partial charge on any atom is -0.486 e. The second-order valence-electron chi connectivity index (χ2n) is 5.60. The average molecular weight is 386 g/mol. The quantitative estimate of drug-likeness (QED) is 0.464. The lowest BCUT2D eigenvalue weighted by molar-refractivity contribution is -0.384. The van der Waals surface area contributed by atoms with E-state index < -0.39 is 16.8 Å². The fourth-order valence-corrected chi connectivity index (χ4v) is 2.36. The summed E-state index contributed by atoms with van der Waals surface area (Å²) in [5.41, 5.74) is -0.179. The number of ether oxygens (including phenoxy) is 1. The number of carbonyl (C=O) groups excluding carboxylic acids is 1. The Kier molecular flexibility index (Phi) is 5.07. The fraction of sp³-hybridized carbons (Fsp3) is 0.118. The van der Waals surface area contributed by atoms with Gasteiger partial charge in [0.15, 0.2) is 11.5 Å². The number of nitrogens with one attached hydrogen (secondary N) is 1. The van der Waals surface area contributed by atoms with Crippen molar-refractivity contribution >= 4 is 23.3 Å². The number of hydrogen-bond acceptors (Lipinski definition) is 7. The van der Waals surface area contributed by atoms with E-state index in [0.717, 1.165) is 4.68 Å². The van der Waals surface area contributed by atoms with Gasteiger partial charge in [-0.05, 0) is 24.3 Å². The molecule has 0 fully saturated rings. The van der Waals surface area contributed by atoms with E-state index >= 15 is 0 Å². The summed E-state index contributed by atoms with van der Waals surface area (Å²) in [5, 5.41) is 26.0. The molecule has 11 nitrogen and oxygen atoms in total. The molecule has 1 amide bonds. The molecule has 0 spiro atoms. The smallest absolute Gasteiger partial charge is 0.356 e. The number of amides is 1. The molecule has 0 radical (unpaired) electrons. The van der Waals surface area contributed by atoms with E-state index in [1.54, 1.807) is 0 Å². The highest BCUT2D eigenvalue weighted by molar-refractivity contribution is 6.05. The Labute approximate surface area is 157 Å². The van der Waals surface area contributed by atoms with Crippen molar-refractivity contribution in [2.75, 3.05) is 5.32 Å². The first-order valence-corrected chi connectivity index (χ1v) is 7.87. The Balaban J connectivity index is 1.63. The molecule has 0 unspecified atom stereocenters. The van der Waals surface area contributed by atoms with Gasteiger partial charge in [-0.2, -0.15) is 5.10 Å². The SMILES string of the molecule is Cn1ncc(NC(=O)c2ccc(COc3ccc([N+](=O)[O-])cc3)o2)c1C(=O)O. The Bertz CT molecular complexity index is 1040. The zero-order chi connectivity index (χ0) is 20.3. The van der Waals surface area contributed by atoms with Gasteiger partial charge in [0.2, 0.25) is 0 Å². The third-order valence-electron chi connectivity index (χ3n) is 3.70. The van der Waals surface area contributed by atoms with Crippen molar-refractivity contribution in [2.24, 2.45) is 7.05 Å². The number of nitro groups is 1. The van der Waals surface area contributed by atoms with E-state index in [0.29, 0.717) is 11.5 Å². The highest BCUT2D eigenvalue weighted by atomic mass is 16.6. The van der Waals surface area contributed by atoms with Crippen LogP contribution in [-0.2, 0) is 13.7 Å². The van der Waals surface area contributed by atoms with E-state index in [4.69, 9.17) is 14.3 Å². The van der Waals surface area contributed by atoms with Crippen LogP contribution in [0.3, 0.4) is 0 Å². The molecule has 0 saturated carbocycles. The van der Waals surface area contributed by atoms with Gasteiger partial charge in [-0.3, -0.25) is 19.6 Å². The maximum Gasteiger partial charge on any atom is 0.356 e. The number of non-ortho nitro benzene ring substituents is 1. The first kappa shape index (κ1) is 18.6. The molecular formula is C17H14N4O7. The van der Waals surface area contributed by atoms with Crippen LogP contribution in [-0.4, -0.2) is 31.7 Å². The Morgan fingerprint density at radius 1 is 1.29 bits per heavy atom. The summed E-state index contributed by atoms with van der Waals surface area (Å²) in [6, 6.07) is 8.46. The first-order valence-electron chi connectivity index (χ1n) is 7.87. The summed E-state index contributed by atoms with van der Waals surface area (Å²) in [6.45, 7) is -0.00163. The number of hydrogen-bond donors (Lipinski definition) is 2. The van der Waals surface area contributed by atoms with Crippen molar-refractivity contribution in [3.05, 3.63) is 69.9 Å². The van der Waals surface area contributed by atoms with Gasteiger partial charge >= 0.3 is 5.97 Å². The van der Waals surface area contributed by atoms with Crippen LogP contribution in [0.25, 0.3) is 0 Å². The van der Waals surface area contributed by atoms with E-state index in [-0.39, 0.29) is 29.4 Å². The van der Waals surface area contributed by atoms with Gasteiger partial charge in [0.05, 0.1) is 16.8 Å². The number of anilines is 1. The molecule has 144 valence electrons. The summed E-state index contributed by atoms with van der Waals surface area (Å²) < 4.78 is 12.0. The van der Waals surface area contributed by atoms with Crippen LogP contribution in [0.5, 0.6) is 5.75 Å². The summed E-state index contributed by atoms with van der Waals surface area (Å²) >= 11 is 0. The predicted octanol–water partition coefficient (Wildman–Crippen LogP) is 2.45. The van der Waals surface area contributed by atoms with Gasteiger partial charge in [0.25, 0.3) is 11.6 Å². The van der Waals surface area contributed by atoms with Gasteiger partial charge in [-0.15, -0.1) is 0 Å². The molecule has 0 saturated heterocycles. The molecule has 28 heavy (non-hydrogen) atoms.